The maximum atomic E-state index is 6.84. The second-order valence-corrected chi connectivity index (χ2v) is 6.23. The van der Waals surface area contributed by atoms with Gasteiger partial charge in [-0.3, -0.25) is 5.41 Å². The number of rotatable bonds is 1. The predicted molar refractivity (Wildman–Crippen MR) is 40.4 cm³/mol. The average molecular weight is 135 g/mol. The molecule has 0 saturated heterocycles. The van der Waals surface area contributed by atoms with Crippen LogP contribution in [0.2, 0.25) is 0 Å². The largest absolute Gasteiger partial charge is 0.369 e. The first-order valence-corrected chi connectivity index (χ1v) is 5.08. The lowest BCUT2D eigenvalue weighted by Crippen LogP contribution is -2.31. The summed E-state index contributed by atoms with van der Waals surface area (Å²) in [6.45, 7) is 0. The fourth-order valence-corrected chi connectivity index (χ4v) is 0.990. The minimum atomic E-state index is -0.823. The van der Waals surface area contributed by atoms with Crippen molar-refractivity contribution in [3.63, 3.8) is 0 Å². The van der Waals surface area contributed by atoms with Gasteiger partial charge in [-0.25, -0.2) is 0 Å². The van der Waals surface area contributed by atoms with Crippen molar-refractivity contribution in [2.45, 2.75) is 0 Å². The molecule has 0 bridgehead atoms. The average Bonchev–Trinajstić information content (AvgIpc) is 1.21. The zero-order valence-corrected chi connectivity index (χ0v) is 6.30. The molecule has 0 aromatic carbocycles. The summed E-state index contributed by atoms with van der Waals surface area (Å²) in [4.78, 5) is 0. The molecular weight excluding hydrogens is 122 g/mol. The normalized spacial score (nSPS) is 12.9. The Labute approximate surface area is 51.6 Å². The summed E-state index contributed by atoms with van der Waals surface area (Å²) in [5, 5.41) is 6.84. The Bertz CT molecular complexity index is 93.9. The van der Waals surface area contributed by atoms with Crippen LogP contribution in [0.5, 0.6) is 0 Å². The number of nitrogens with one attached hydrogen (secondary N) is 2. The molecule has 0 heterocycles. The van der Waals surface area contributed by atoms with E-state index in [2.05, 4.69) is 4.72 Å². The van der Waals surface area contributed by atoms with Crippen LogP contribution in [-0.2, 0) is 0 Å². The second-order valence-electron chi connectivity index (χ2n) is 2.35. The van der Waals surface area contributed by atoms with Crippen LogP contribution < -0.4 is 10.5 Å². The lowest BCUT2D eigenvalue weighted by Gasteiger charge is -2.26. The van der Waals surface area contributed by atoms with E-state index in [1.54, 1.807) is 0 Å². The van der Waals surface area contributed by atoms with Gasteiger partial charge in [-0.2, -0.15) is 10.2 Å². The van der Waals surface area contributed by atoms with Gasteiger partial charge < -0.3 is 10.5 Å². The highest BCUT2D eigenvalue weighted by molar-refractivity contribution is 8.30. The third-order valence-electron chi connectivity index (χ3n) is 0.416. The zero-order chi connectivity index (χ0) is 6.78. The molecule has 0 aliphatic rings. The van der Waals surface area contributed by atoms with E-state index in [-0.39, 0.29) is 5.96 Å². The van der Waals surface area contributed by atoms with Crippen molar-refractivity contribution < 1.29 is 0 Å². The molecule has 0 saturated carbocycles. The first-order chi connectivity index (χ1) is 3.42. The van der Waals surface area contributed by atoms with Crippen molar-refractivity contribution in [2.24, 2.45) is 5.73 Å². The number of nitrogens with two attached hydrogens (primary N) is 1. The SMILES string of the molecule is CS(C)(C)NC(=N)N. The second kappa shape index (κ2) is 2.26. The number of guanidine groups is 1. The summed E-state index contributed by atoms with van der Waals surface area (Å²) >= 11 is 0. The van der Waals surface area contributed by atoms with E-state index < -0.39 is 10.2 Å². The fourth-order valence-electron chi connectivity index (χ4n) is 0.330. The van der Waals surface area contributed by atoms with Gasteiger partial charge in [0.05, 0.1) is 0 Å². The lowest BCUT2D eigenvalue weighted by atomic mass is 11.1. The van der Waals surface area contributed by atoms with Crippen LogP contribution >= 0.6 is 10.2 Å². The molecule has 50 valence electrons. The Morgan fingerprint density at radius 2 is 1.88 bits per heavy atom. The lowest BCUT2D eigenvalue weighted by molar-refractivity contribution is 1.30. The third kappa shape index (κ3) is 5.62. The third-order valence-corrected chi connectivity index (χ3v) is 1.25. The standard InChI is InChI=1S/C4H13N3S/c1-8(2,3)7-4(5)6/h1-3H3,(H4,5,6,7). The molecule has 4 heteroatoms. The molecule has 0 rings (SSSR count). The van der Waals surface area contributed by atoms with Gasteiger partial charge in [-0.1, -0.05) is 0 Å². The molecule has 4 N–H and O–H groups in total. The van der Waals surface area contributed by atoms with Gasteiger partial charge >= 0.3 is 0 Å². The van der Waals surface area contributed by atoms with Crippen LogP contribution in [0.3, 0.4) is 0 Å². The summed E-state index contributed by atoms with van der Waals surface area (Å²) in [6.07, 6.45) is 6.11. The highest BCUT2D eigenvalue weighted by atomic mass is 32.3. The van der Waals surface area contributed by atoms with E-state index in [9.17, 15) is 0 Å². The first kappa shape index (κ1) is 7.62. The highest BCUT2D eigenvalue weighted by Crippen LogP contribution is 2.27. The summed E-state index contributed by atoms with van der Waals surface area (Å²) < 4.78 is 2.83. The Kier molecular flexibility index (Phi) is 2.15. The molecule has 3 nitrogen and oxygen atoms in total. The van der Waals surface area contributed by atoms with Gasteiger partial charge in [0, 0.05) is 0 Å². The minimum Gasteiger partial charge on any atom is -0.369 e. The zero-order valence-electron chi connectivity index (χ0n) is 5.49. The monoisotopic (exact) mass is 135 g/mol. The van der Waals surface area contributed by atoms with E-state index >= 15 is 0 Å². The van der Waals surface area contributed by atoms with Crippen LogP contribution in [0.15, 0.2) is 0 Å². The highest BCUT2D eigenvalue weighted by Gasteiger charge is 2.00. The Balaban J connectivity index is 3.55. The molecule has 0 unspecified atom stereocenters. The van der Waals surface area contributed by atoms with Crippen LogP contribution in [0.1, 0.15) is 0 Å². The molecule has 0 aliphatic carbocycles. The molecule has 0 aromatic rings. The van der Waals surface area contributed by atoms with E-state index in [1.165, 1.54) is 0 Å². The van der Waals surface area contributed by atoms with Crippen LogP contribution in [0.4, 0.5) is 0 Å². The number of hydrogen-bond donors (Lipinski definition) is 3. The predicted octanol–water partition coefficient (Wildman–Crippen LogP) is 0.0785. The van der Waals surface area contributed by atoms with Crippen molar-refractivity contribution in [2.75, 3.05) is 18.8 Å². The number of hydrogen-bond acceptors (Lipinski definition) is 1. The van der Waals surface area contributed by atoms with E-state index in [0.717, 1.165) is 0 Å². The van der Waals surface area contributed by atoms with Crippen molar-refractivity contribution >= 4 is 16.2 Å². The molecule has 0 fully saturated rings. The maximum absolute atomic E-state index is 6.84. The van der Waals surface area contributed by atoms with Gasteiger partial charge in [0.2, 0.25) is 0 Å². The van der Waals surface area contributed by atoms with Crippen LogP contribution in [0, 0.1) is 5.41 Å². The molecule has 0 atom stereocenters. The van der Waals surface area contributed by atoms with E-state index in [1.807, 2.05) is 18.8 Å². The van der Waals surface area contributed by atoms with Crippen molar-refractivity contribution in [1.82, 2.24) is 4.72 Å². The van der Waals surface area contributed by atoms with Gasteiger partial charge in [0.25, 0.3) is 0 Å². The quantitative estimate of drug-likeness (QED) is 0.352. The Hall–Kier alpha value is -0.380. The Morgan fingerprint density at radius 1 is 1.50 bits per heavy atom. The fraction of sp³-hybridized carbons (Fsp3) is 0.750. The van der Waals surface area contributed by atoms with E-state index in [0.29, 0.717) is 0 Å². The first-order valence-electron chi connectivity index (χ1n) is 2.22. The summed E-state index contributed by atoms with van der Waals surface area (Å²) in [7, 11) is -0.823. The van der Waals surface area contributed by atoms with Crippen LogP contribution in [-0.4, -0.2) is 24.7 Å². The molecule has 0 radical (unpaired) electrons. The molecular formula is C4H13N3S. The molecule has 0 aliphatic heterocycles. The van der Waals surface area contributed by atoms with Gasteiger partial charge in [-0.05, 0) is 18.8 Å². The summed E-state index contributed by atoms with van der Waals surface area (Å²) in [5.41, 5.74) is 5.07. The Morgan fingerprint density at radius 3 is 1.88 bits per heavy atom. The summed E-state index contributed by atoms with van der Waals surface area (Å²) in [6, 6.07) is 0. The van der Waals surface area contributed by atoms with Crippen molar-refractivity contribution in [3.8, 4) is 0 Å². The molecule has 0 amide bonds. The van der Waals surface area contributed by atoms with Crippen molar-refractivity contribution in [3.05, 3.63) is 0 Å². The summed E-state index contributed by atoms with van der Waals surface area (Å²) in [5.74, 6) is 0.0625. The van der Waals surface area contributed by atoms with Gasteiger partial charge in [0.1, 0.15) is 0 Å². The topological polar surface area (TPSA) is 61.9 Å². The molecule has 0 spiro atoms. The molecule has 0 aromatic heterocycles. The van der Waals surface area contributed by atoms with Crippen molar-refractivity contribution in [1.29, 1.82) is 5.41 Å². The van der Waals surface area contributed by atoms with Gasteiger partial charge in [-0.15, -0.1) is 0 Å². The van der Waals surface area contributed by atoms with Gasteiger partial charge in [0.15, 0.2) is 5.96 Å². The van der Waals surface area contributed by atoms with Crippen LogP contribution in [0.25, 0.3) is 0 Å². The maximum Gasteiger partial charge on any atom is 0.194 e. The minimum absolute atomic E-state index is 0.0625. The van der Waals surface area contributed by atoms with E-state index in [4.69, 9.17) is 11.1 Å². The smallest absolute Gasteiger partial charge is 0.194 e. The molecule has 8 heavy (non-hydrogen) atoms.